The third-order valence-electron chi connectivity index (χ3n) is 3.81. The van der Waals surface area contributed by atoms with Crippen LogP contribution in [-0.2, 0) is 0 Å². The Hall–Kier alpha value is -3.69. The van der Waals surface area contributed by atoms with Crippen LogP contribution < -0.4 is 5.32 Å². The van der Waals surface area contributed by atoms with E-state index in [1.807, 2.05) is 0 Å². The number of aromatic nitrogens is 4. The van der Waals surface area contributed by atoms with E-state index in [0.717, 1.165) is 12.1 Å². The Labute approximate surface area is 149 Å². The summed E-state index contributed by atoms with van der Waals surface area (Å²) in [5, 5.41) is 19.7. The van der Waals surface area contributed by atoms with Gasteiger partial charge in [-0.2, -0.15) is 9.97 Å². The maximum absolute atomic E-state index is 13.4. The lowest BCUT2D eigenvalue weighted by molar-refractivity contribution is 0.146. The lowest BCUT2D eigenvalue weighted by Crippen LogP contribution is -1.97. The van der Waals surface area contributed by atoms with Gasteiger partial charge in [-0.3, -0.25) is 0 Å². The summed E-state index contributed by atoms with van der Waals surface area (Å²) in [6.45, 7) is 0. The SMILES string of the molecule is Oc1nc2nonc2nc1Nc1ccc(-c2ccc(F)c(C(F)F)c2)cc1. The third kappa shape index (κ3) is 3.24. The van der Waals surface area contributed by atoms with Crippen molar-refractivity contribution in [2.75, 3.05) is 5.32 Å². The zero-order valence-corrected chi connectivity index (χ0v) is 13.4. The van der Waals surface area contributed by atoms with Crippen molar-refractivity contribution in [3.63, 3.8) is 0 Å². The Balaban J connectivity index is 1.60. The van der Waals surface area contributed by atoms with E-state index in [1.54, 1.807) is 24.3 Å². The Kier molecular flexibility index (Phi) is 4.07. The van der Waals surface area contributed by atoms with Gasteiger partial charge in [0.05, 0.1) is 5.56 Å². The van der Waals surface area contributed by atoms with Gasteiger partial charge in [0.2, 0.25) is 11.3 Å². The predicted octanol–water partition coefficient (Wildman–Crippen LogP) is 4.21. The van der Waals surface area contributed by atoms with Crippen LogP contribution in [0.25, 0.3) is 22.4 Å². The number of nitrogens with zero attached hydrogens (tertiary/aromatic N) is 4. The molecule has 2 aromatic heterocycles. The molecule has 0 radical (unpaired) electrons. The van der Waals surface area contributed by atoms with Crippen molar-refractivity contribution in [1.82, 2.24) is 20.3 Å². The molecular formula is C17H10F3N5O2. The first-order chi connectivity index (χ1) is 13.0. The molecule has 0 aliphatic heterocycles. The zero-order chi connectivity index (χ0) is 19.0. The predicted molar refractivity (Wildman–Crippen MR) is 89.1 cm³/mol. The van der Waals surface area contributed by atoms with E-state index in [0.29, 0.717) is 16.8 Å². The second-order valence-electron chi connectivity index (χ2n) is 5.55. The molecule has 0 unspecified atom stereocenters. The molecule has 27 heavy (non-hydrogen) atoms. The number of aromatic hydroxyl groups is 1. The highest BCUT2D eigenvalue weighted by molar-refractivity contribution is 5.72. The van der Waals surface area contributed by atoms with E-state index in [9.17, 15) is 18.3 Å². The maximum atomic E-state index is 13.4. The fourth-order valence-corrected chi connectivity index (χ4v) is 2.49. The first-order valence-electron chi connectivity index (χ1n) is 7.65. The molecule has 0 amide bonds. The van der Waals surface area contributed by atoms with Gasteiger partial charge in [-0.05, 0) is 45.7 Å². The van der Waals surface area contributed by atoms with E-state index < -0.39 is 17.8 Å². The molecule has 136 valence electrons. The number of halogens is 3. The van der Waals surface area contributed by atoms with E-state index in [1.165, 1.54) is 6.07 Å². The molecule has 0 saturated carbocycles. The summed E-state index contributed by atoms with van der Waals surface area (Å²) >= 11 is 0. The highest BCUT2D eigenvalue weighted by Crippen LogP contribution is 2.30. The Morgan fingerprint density at radius 3 is 2.30 bits per heavy atom. The molecule has 7 nitrogen and oxygen atoms in total. The second-order valence-corrected chi connectivity index (χ2v) is 5.55. The molecule has 4 aromatic rings. The molecule has 10 heteroatoms. The van der Waals surface area contributed by atoms with Crippen LogP contribution in [-0.4, -0.2) is 25.4 Å². The molecule has 0 aliphatic rings. The lowest BCUT2D eigenvalue weighted by atomic mass is 10.0. The second kappa shape index (κ2) is 6.56. The summed E-state index contributed by atoms with van der Waals surface area (Å²) in [7, 11) is 0. The van der Waals surface area contributed by atoms with Gasteiger partial charge in [-0.15, -0.1) is 0 Å². The fourth-order valence-electron chi connectivity index (χ4n) is 2.49. The average Bonchev–Trinajstić information content (AvgIpc) is 3.10. The first-order valence-corrected chi connectivity index (χ1v) is 7.65. The van der Waals surface area contributed by atoms with E-state index in [2.05, 4.69) is 30.2 Å². The van der Waals surface area contributed by atoms with Crippen LogP contribution in [0.15, 0.2) is 47.1 Å². The van der Waals surface area contributed by atoms with E-state index in [-0.39, 0.29) is 23.0 Å². The number of hydrogen-bond donors (Lipinski definition) is 2. The minimum absolute atomic E-state index is 0.0488. The van der Waals surface area contributed by atoms with Gasteiger partial charge in [0.15, 0.2) is 5.82 Å². The molecular weight excluding hydrogens is 363 g/mol. The largest absolute Gasteiger partial charge is 0.491 e. The summed E-state index contributed by atoms with van der Waals surface area (Å²) in [4.78, 5) is 7.82. The van der Waals surface area contributed by atoms with Gasteiger partial charge in [-0.25, -0.2) is 17.8 Å². The average molecular weight is 373 g/mol. The van der Waals surface area contributed by atoms with Crippen LogP contribution in [0.3, 0.4) is 0 Å². The maximum Gasteiger partial charge on any atom is 0.266 e. The molecule has 0 fully saturated rings. The van der Waals surface area contributed by atoms with Crippen molar-refractivity contribution in [3.8, 4) is 17.0 Å². The Bertz CT molecular complexity index is 1120. The van der Waals surface area contributed by atoms with Crippen LogP contribution in [0.2, 0.25) is 0 Å². The lowest BCUT2D eigenvalue weighted by Gasteiger charge is -2.09. The van der Waals surface area contributed by atoms with Crippen LogP contribution >= 0.6 is 0 Å². The van der Waals surface area contributed by atoms with E-state index in [4.69, 9.17) is 0 Å². The molecule has 2 heterocycles. The van der Waals surface area contributed by atoms with Gasteiger partial charge < -0.3 is 10.4 Å². The van der Waals surface area contributed by atoms with Crippen LogP contribution in [0.1, 0.15) is 12.0 Å². The number of alkyl halides is 2. The number of hydrogen-bond acceptors (Lipinski definition) is 7. The quantitative estimate of drug-likeness (QED) is 0.553. The highest BCUT2D eigenvalue weighted by Gasteiger charge is 2.15. The van der Waals surface area contributed by atoms with Gasteiger partial charge in [0, 0.05) is 5.69 Å². The van der Waals surface area contributed by atoms with Gasteiger partial charge in [-0.1, -0.05) is 18.2 Å². The molecule has 0 atom stereocenters. The minimum atomic E-state index is -2.90. The monoisotopic (exact) mass is 373 g/mol. The van der Waals surface area contributed by atoms with Crippen LogP contribution in [0.5, 0.6) is 5.88 Å². The first kappa shape index (κ1) is 16.8. The van der Waals surface area contributed by atoms with E-state index >= 15 is 0 Å². The van der Waals surface area contributed by atoms with Gasteiger partial charge in [0.1, 0.15) is 5.82 Å². The third-order valence-corrected chi connectivity index (χ3v) is 3.81. The van der Waals surface area contributed by atoms with Gasteiger partial charge in [0.25, 0.3) is 12.3 Å². The number of anilines is 2. The molecule has 0 spiro atoms. The fraction of sp³-hybridized carbons (Fsp3) is 0.0588. The molecule has 4 rings (SSSR count). The smallest absolute Gasteiger partial charge is 0.266 e. The van der Waals surface area contributed by atoms with Crippen molar-refractivity contribution in [2.45, 2.75) is 6.43 Å². The minimum Gasteiger partial charge on any atom is -0.491 e. The molecule has 2 N–H and O–H groups in total. The number of rotatable bonds is 4. The summed E-state index contributed by atoms with van der Waals surface area (Å²) in [6, 6.07) is 10.2. The zero-order valence-electron chi connectivity index (χ0n) is 13.4. The van der Waals surface area contributed by atoms with Crippen LogP contribution in [0, 0.1) is 5.82 Å². The topological polar surface area (TPSA) is 97.0 Å². The number of benzene rings is 2. The molecule has 0 saturated heterocycles. The van der Waals surface area contributed by atoms with Crippen molar-refractivity contribution >= 4 is 22.8 Å². The van der Waals surface area contributed by atoms with Crippen molar-refractivity contribution < 1.29 is 22.9 Å². The Morgan fingerprint density at radius 1 is 0.926 bits per heavy atom. The molecule has 0 bridgehead atoms. The van der Waals surface area contributed by atoms with Crippen molar-refractivity contribution in [1.29, 1.82) is 0 Å². The summed E-state index contributed by atoms with van der Waals surface area (Å²) in [5.74, 6) is -1.28. The van der Waals surface area contributed by atoms with Gasteiger partial charge >= 0.3 is 0 Å². The summed E-state index contributed by atoms with van der Waals surface area (Å²) < 4.78 is 43.6. The van der Waals surface area contributed by atoms with Crippen molar-refractivity contribution in [3.05, 3.63) is 53.8 Å². The summed E-state index contributed by atoms with van der Waals surface area (Å²) in [6.07, 6.45) is -2.90. The highest BCUT2D eigenvalue weighted by atomic mass is 19.3. The Morgan fingerprint density at radius 2 is 1.59 bits per heavy atom. The summed E-state index contributed by atoms with van der Waals surface area (Å²) in [5.41, 5.74) is 1.17. The standard InChI is InChI=1S/C17H10F3N5O2/c18-12-6-3-9(7-11(12)13(19)20)8-1-4-10(5-2-8)21-16-17(26)23-15-14(22-16)24-27-25-15/h1-7,13H,(H,21,22,24)(H,23,25,26). The normalized spacial score (nSPS) is 11.3. The molecule has 2 aromatic carbocycles. The number of nitrogens with one attached hydrogen (secondary N) is 1. The van der Waals surface area contributed by atoms with Crippen molar-refractivity contribution in [2.24, 2.45) is 0 Å². The molecule has 0 aliphatic carbocycles. The van der Waals surface area contributed by atoms with Crippen LogP contribution in [0.4, 0.5) is 24.7 Å². The number of fused-ring (bicyclic) bond motifs is 1.